The largest absolute Gasteiger partial charge is 0.459 e. The van der Waals surface area contributed by atoms with Crippen molar-refractivity contribution in [2.75, 3.05) is 13.7 Å². The number of ether oxygens (including phenoxy) is 1. The fraction of sp³-hybridized carbons (Fsp3) is 0.500. The second-order valence-corrected chi connectivity index (χ2v) is 5.22. The molecule has 1 N–H and O–H groups in total. The molecule has 0 bridgehead atoms. The molecular formula is C16H21NO2. The molecule has 102 valence electrons. The van der Waals surface area contributed by atoms with Crippen molar-refractivity contribution in [2.24, 2.45) is 5.92 Å². The Morgan fingerprint density at radius 3 is 2.95 bits per heavy atom. The molecule has 1 aromatic carbocycles. The standard InChI is InChI=1S/C16H21NO2/c1-3-13-12(8-9-18-13)16(17-2)15-10-11-6-4-5-7-14(11)19-15/h4-7,10,12-13,16-17H,3,8-9H2,1-2H3. The molecule has 3 heteroatoms. The number of benzene rings is 1. The zero-order valence-electron chi connectivity index (χ0n) is 11.6. The van der Waals surface area contributed by atoms with E-state index >= 15 is 0 Å². The summed E-state index contributed by atoms with van der Waals surface area (Å²) in [6.45, 7) is 3.05. The molecule has 1 fully saturated rings. The molecule has 2 aromatic rings. The minimum absolute atomic E-state index is 0.236. The summed E-state index contributed by atoms with van der Waals surface area (Å²) in [4.78, 5) is 0. The summed E-state index contributed by atoms with van der Waals surface area (Å²) >= 11 is 0. The van der Waals surface area contributed by atoms with Crippen LogP contribution in [0, 0.1) is 5.92 Å². The maximum absolute atomic E-state index is 6.01. The van der Waals surface area contributed by atoms with Crippen LogP contribution in [0.15, 0.2) is 34.7 Å². The third kappa shape index (κ3) is 2.28. The van der Waals surface area contributed by atoms with Gasteiger partial charge in [-0.25, -0.2) is 0 Å². The maximum atomic E-state index is 6.01. The van der Waals surface area contributed by atoms with Crippen LogP contribution in [0.5, 0.6) is 0 Å². The van der Waals surface area contributed by atoms with Crippen molar-refractivity contribution >= 4 is 11.0 Å². The highest BCUT2D eigenvalue weighted by molar-refractivity contribution is 5.77. The van der Waals surface area contributed by atoms with Gasteiger partial charge in [-0.2, -0.15) is 0 Å². The molecule has 0 saturated carbocycles. The normalized spacial score (nSPS) is 24.9. The SMILES string of the molecule is CCC1OCCC1C(NC)c1cc2ccccc2o1. The number of hydrogen-bond donors (Lipinski definition) is 1. The summed E-state index contributed by atoms with van der Waals surface area (Å²) in [5, 5.41) is 4.58. The lowest BCUT2D eigenvalue weighted by Gasteiger charge is -2.25. The third-order valence-corrected chi connectivity index (χ3v) is 4.15. The molecule has 0 amide bonds. The molecule has 1 aliphatic rings. The molecule has 3 atom stereocenters. The van der Waals surface area contributed by atoms with Crippen LogP contribution in [0.4, 0.5) is 0 Å². The fourth-order valence-electron chi connectivity index (χ4n) is 3.19. The predicted octanol–water partition coefficient (Wildman–Crippen LogP) is 3.51. The Kier molecular flexibility index (Phi) is 3.58. The highest BCUT2D eigenvalue weighted by Gasteiger charge is 2.35. The third-order valence-electron chi connectivity index (χ3n) is 4.15. The first-order valence-corrected chi connectivity index (χ1v) is 7.10. The van der Waals surface area contributed by atoms with Gasteiger partial charge in [-0.05, 0) is 32.0 Å². The van der Waals surface area contributed by atoms with E-state index in [1.807, 2.05) is 25.2 Å². The van der Waals surface area contributed by atoms with E-state index in [9.17, 15) is 0 Å². The van der Waals surface area contributed by atoms with E-state index in [0.29, 0.717) is 12.0 Å². The predicted molar refractivity (Wildman–Crippen MR) is 76.2 cm³/mol. The maximum Gasteiger partial charge on any atom is 0.134 e. The topological polar surface area (TPSA) is 34.4 Å². The average molecular weight is 259 g/mol. The van der Waals surface area contributed by atoms with E-state index in [1.54, 1.807) is 0 Å². The van der Waals surface area contributed by atoms with Gasteiger partial charge in [-0.1, -0.05) is 25.1 Å². The van der Waals surface area contributed by atoms with Crippen molar-refractivity contribution in [1.82, 2.24) is 5.32 Å². The Bertz CT molecular complexity index is 515. The quantitative estimate of drug-likeness (QED) is 0.912. The van der Waals surface area contributed by atoms with Crippen molar-refractivity contribution in [3.05, 3.63) is 36.1 Å². The van der Waals surface area contributed by atoms with Gasteiger partial charge in [0.25, 0.3) is 0 Å². The average Bonchev–Trinajstić information content (AvgIpc) is 3.05. The molecule has 3 nitrogen and oxygen atoms in total. The van der Waals surface area contributed by atoms with Crippen LogP contribution in [0.1, 0.15) is 31.6 Å². The van der Waals surface area contributed by atoms with Crippen molar-refractivity contribution in [3.8, 4) is 0 Å². The lowest BCUT2D eigenvalue weighted by molar-refractivity contribution is 0.0759. The Morgan fingerprint density at radius 2 is 2.21 bits per heavy atom. The lowest BCUT2D eigenvalue weighted by Crippen LogP contribution is -2.30. The summed E-state index contributed by atoms with van der Waals surface area (Å²) in [6, 6.07) is 10.6. The van der Waals surface area contributed by atoms with E-state index in [4.69, 9.17) is 9.15 Å². The van der Waals surface area contributed by atoms with Crippen molar-refractivity contribution in [3.63, 3.8) is 0 Å². The summed E-state index contributed by atoms with van der Waals surface area (Å²) in [5.41, 5.74) is 0.963. The molecule has 0 spiro atoms. The molecule has 2 heterocycles. The second kappa shape index (κ2) is 5.35. The summed E-state index contributed by atoms with van der Waals surface area (Å²) in [7, 11) is 2.00. The Labute approximate surface area is 113 Å². The lowest BCUT2D eigenvalue weighted by atomic mass is 9.90. The van der Waals surface area contributed by atoms with Gasteiger partial charge in [0.2, 0.25) is 0 Å². The van der Waals surface area contributed by atoms with Gasteiger partial charge in [-0.3, -0.25) is 0 Å². The number of furan rings is 1. The highest BCUT2D eigenvalue weighted by atomic mass is 16.5. The van der Waals surface area contributed by atoms with Crippen LogP contribution in [-0.2, 0) is 4.74 Å². The number of nitrogens with one attached hydrogen (secondary N) is 1. The zero-order valence-corrected chi connectivity index (χ0v) is 11.6. The van der Waals surface area contributed by atoms with E-state index < -0.39 is 0 Å². The van der Waals surface area contributed by atoms with Gasteiger partial charge in [0.15, 0.2) is 0 Å². The fourth-order valence-corrected chi connectivity index (χ4v) is 3.19. The first-order valence-electron chi connectivity index (χ1n) is 7.10. The molecule has 1 aliphatic heterocycles. The monoisotopic (exact) mass is 259 g/mol. The molecule has 19 heavy (non-hydrogen) atoms. The van der Waals surface area contributed by atoms with Crippen LogP contribution in [0.25, 0.3) is 11.0 Å². The van der Waals surface area contributed by atoms with Gasteiger partial charge in [0.1, 0.15) is 11.3 Å². The van der Waals surface area contributed by atoms with Crippen LogP contribution in [0.3, 0.4) is 0 Å². The number of rotatable bonds is 4. The smallest absolute Gasteiger partial charge is 0.134 e. The molecule has 1 aromatic heterocycles. The van der Waals surface area contributed by atoms with Crippen LogP contribution in [0.2, 0.25) is 0 Å². The van der Waals surface area contributed by atoms with E-state index in [2.05, 4.69) is 24.4 Å². The number of fused-ring (bicyclic) bond motifs is 1. The minimum atomic E-state index is 0.236. The van der Waals surface area contributed by atoms with Gasteiger partial charge < -0.3 is 14.5 Å². The van der Waals surface area contributed by atoms with Gasteiger partial charge in [0, 0.05) is 17.9 Å². The molecule has 1 saturated heterocycles. The second-order valence-electron chi connectivity index (χ2n) is 5.22. The van der Waals surface area contributed by atoms with Crippen LogP contribution >= 0.6 is 0 Å². The summed E-state index contributed by atoms with van der Waals surface area (Å²) in [5.74, 6) is 1.52. The van der Waals surface area contributed by atoms with Crippen molar-refractivity contribution in [2.45, 2.75) is 31.9 Å². The molecule has 0 aliphatic carbocycles. The van der Waals surface area contributed by atoms with Crippen molar-refractivity contribution < 1.29 is 9.15 Å². The molecular weight excluding hydrogens is 238 g/mol. The summed E-state index contributed by atoms with van der Waals surface area (Å²) in [6.07, 6.45) is 2.50. The van der Waals surface area contributed by atoms with Crippen molar-refractivity contribution in [1.29, 1.82) is 0 Å². The van der Waals surface area contributed by atoms with E-state index in [0.717, 1.165) is 30.8 Å². The molecule has 3 unspecified atom stereocenters. The minimum Gasteiger partial charge on any atom is -0.459 e. The molecule has 3 rings (SSSR count). The number of para-hydroxylation sites is 1. The number of hydrogen-bond acceptors (Lipinski definition) is 3. The zero-order chi connectivity index (χ0) is 13.2. The van der Waals surface area contributed by atoms with E-state index in [-0.39, 0.29) is 6.04 Å². The highest BCUT2D eigenvalue weighted by Crippen LogP contribution is 2.36. The Balaban J connectivity index is 1.93. The van der Waals surface area contributed by atoms with Gasteiger partial charge >= 0.3 is 0 Å². The Hall–Kier alpha value is -1.32. The summed E-state index contributed by atoms with van der Waals surface area (Å²) < 4.78 is 11.8. The van der Waals surface area contributed by atoms with E-state index in [1.165, 1.54) is 5.39 Å². The van der Waals surface area contributed by atoms with Gasteiger partial charge in [-0.15, -0.1) is 0 Å². The first kappa shape index (κ1) is 12.7. The first-order chi connectivity index (χ1) is 9.33. The molecule has 0 radical (unpaired) electrons. The van der Waals surface area contributed by atoms with Crippen LogP contribution in [-0.4, -0.2) is 19.8 Å². The van der Waals surface area contributed by atoms with Crippen LogP contribution < -0.4 is 5.32 Å². The van der Waals surface area contributed by atoms with Gasteiger partial charge in [0.05, 0.1) is 12.1 Å². The Morgan fingerprint density at radius 1 is 1.37 bits per heavy atom.